The van der Waals surface area contributed by atoms with Crippen LogP contribution in [0.5, 0.6) is 0 Å². The van der Waals surface area contributed by atoms with Crippen LogP contribution in [0, 0.1) is 5.92 Å². The van der Waals surface area contributed by atoms with Gasteiger partial charge >= 0.3 is 0 Å². The summed E-state index contributed by atoms with van der Waals surface area (Å²) in [5.41, 5.74) is 0. The van der Waals surface area contributed by atoms with E-state index in [-0.39, 0.29) is 0 Å². The molecule has 1 aliphatic rings. The number of rotatable bonds is 6. The number of hydrogen-bond donors (Lipinski definition) is 3. The lowest BCUT2D eigenvalue weighted by molar-refractivity contribution is 0.304. The highest BCUT2D eigenvalue weighted by molar-refractivity contribution is 5.79. The maximum absolute atomic E-state index is 5.30. The molecule has 0 atom stereocenters. The number of hydrogen-bond acceptors (Lipinski definition) is 4. The van der Waals surface area contributed by atoms with Crippen LogP contribution in [-0.4, -0.2) is 40.8 Å². The Labute approximate surface area is 148 Å². The van der Waals surface area contributed by atoms with E-state index in [9.17, 15) is 0 Å². The van der Waals surface area contributed by atoms with Gasteiger partial charge in [0.15, 0.2) is 11.7 Å². The second-order valence-electron chi connectivity index (χ2n) is 6.60. The van der Waals surface area contributed by atoms with Crippen molar-refractivity contribution >= 4 is 5.96 Å². The zero-order chi connectivity index (χ0) is 17.5. The molecule has 7 nitrogen and oxygen atoms in total. The molecule has 1 saturated carbocycles. The van der Waals surface area contributed by atoms with Crippen LogP contribution in [0.1, 0.15) is 44.9 Å². The van der Waals surface area contributed by atoms with Crippen LogP contribution < -0.4 is 10.6 Å². The Kier molecular flexibility index (Phi) is 6.09. The Morgan fingerprint density at radius 1 is 1.36 bits per heavy atom. The van der Waals surface area contributed by atoms with E-state index in [1.165, 1.54) is 32.1 Å². The number of furan rings is 1. The topological polar surface area (TPSA) is 91.1 Å². The van der Waals surface area contributed by atoms with Gasteiger partial charge in [-0.25, -0.2) is 4.98 Å². The van der Waals surface area contributed by atoms with E-state index in [0.29, 0.717) is 17.6 Å². The van der Waals surface area contributed by atoms with Crippen LogP contribution in [0.3, 0.4) is 0 Å². The highest BCUT2D eigenvalue weighted by atomic mass is 16.3. The largest absolute Gasteiger partial charge is 0.461 e. The summed E-state index contributed by atoms with van der Waals surface area (Å²) < 4.78 is 5.30. The van der Waals surface area contributed by atoms with Gasteiger partial charge in [0.05, 0.1) is 6.26 Å². The summed E-state index contributed by atoms with van der Waals surface area (Å²) in [6.45, 7) is 3.04. The molecule has 0 aromatic carbocycles. The summed E-state index contributed by atoms with van der Waals surface area (Å²) >= 11 is 0. The number of aromatic amines is 1. The third kappa shape index (κ3) is 4.84. The quantitative estimate of drug-likeness (QED) is 0.554. The highest BCUT2D eigenvalue weighted by Gasteiger charge is 2.20. The Bertz CT molecular complexity index is 655. The molecule has 1 fully saturated rings. The molecule has 136 valence electrons. The van der Waals surface area contributed by atoms with Crippen molar-refractivity contribution in [1.82, 2.24) is 25.8 Å². The van der Waals surface area contributed by atoms with Crippen molar-refractivity contribution in [2.24, 2.45) is 10.9 Å². The van der Waals surface area contributed by atoms with Crippen LogP contribution in [0.2, 0.25) is 0 Å². The standard InChI is InChI=1S/C18H28N6O/c1-3-13-6-8-14(9-7-13)21-18(19-2)20-11-10-16-22-17(24-23-16)15-5-4-12-25-15/h4-5,12-14H,3,6-11H2,1-2H3,(H2,19,20,21)(H,22,23,24). The summed E-state index contributed by atoms with van der Waals surface area (Å²) in [6, 6.07) is 4.21. The van der Waals surface area contributed by atoms with E-state index in [2.05, 4.69) is 37.7 Å². The molecule has 0 amide bonds. The second kappa shape index (κ2) is 8.69. The van der Waals surface area contributed by atoms with Gasteiger partial charge in [-0.2, -0.15) is 5.10 Å². The fourth-order valence-corrected chi connectivity index (χ4v) is 3.33. The first-order chi connectivity index (χ1) is 12.3. The smallest absolute Gasteiger partial charge is 0.216 e. The lowest BCUT2D eigenvalue weighted by atomic mass is 9.84. The SMILES string of the molecule is CCC1CCC(NC(=NC)NCCc2nc(-c3ccco3)n[nH]2)CC1. The van der Waals surface area contributed by atoms with E-state index in [1.807, 2.05) is 19.2 Å². The zero-order valence-corrected chi connectivity index (χ0v) is 15.1. The van der Waals surface area contributed by atoms with Crippen molar-refractivity contribution in [2.45, 2.75) is 51.5 Å². The predicted octanol–water partition coefficient (Wildman–Crippen LogP) is 2.74. The monoisotopic (exact) mass is 344 g/mol. The molecule has 0 saturated heterocycles. The zero-order valence-electron chi connectivity index (χ0n) is 15.1. The van der Waals surface area contributed by atoms with E-state index < -0.39 is 0 Å². The fraction of sp³-hybridized carbons (Fsp3) is 0.611. The van der Waals surface area contributed by atoms with Crippen LogP contribution in [0.4, 0.5) is 0 Å². The molecule has 25 heavy (non-hydrogen) atoms. The first kappa shape index (κ1) is 17.5. The summed E-state index contributed by atoms with van der Waals surface area (Å²) in [5, 5.41) is 14.0. The molecule has 2 aromatic rings. The van der Waals surface area contributed by atoms with Crippen LogP contribution in [0.15, 0.2) is 27.8 Å². The summed E-state index contributed by atoms with van der Waals surface area (Å²) in [4.78, 5) is 8.78. The average molecular weight is 344 g/mol. The van der Waals surface area contributed by atoms with Crippen molar-refractivity contribution in [1.29, 1.82) is 0 Å². The molecular weight excluding hydrogens is 316 g/mol. The molecular formula is C18H28N6O. The van der Waals surface area contributed by atoms with Gasteiger partial charge < -0.3 is 15.1 Å². The fourth-order valence-electron chi connectivity index (χ4n) is 3.33. The van der Waals surface area contributed by atoms with Crippen molar-refractivity contribution < 1.29 is 4.42 Å². The van der Waals surface area contributed by atoms with Crippen molar-refractivity contribution in [3.8, 4) is 11.6 Å². The molecule has 2 aromatic heterocycles. The molecule has 3 rings (SSSR count). The van der Waals surface area contributed by atoms with Crippen LogP contribution in [-0.2, 0) is 6.42 Å². The van der Waals surface area contributed by atoms with Gasteiger partial charge in [0, 0.05) is 26.1 Å². The van der Waals surface area contributed by atoms with Crippen molar-refractivity contribution in [3.63, 3.8) is 0 Å². The second-order valence-corrected chi connectivity index (χ2v) is 6.60. The molecule has 0 bridgehead atoms. The molecule has 7 heteroatoms. The van der Waals surface area contributed by atoms with Gasteiger partial charge in [0.1, 0.15) is 5.82 Å². The highest BCUT2D eigenvalue weighted by Crippen LogP contribution is 2.26. The maximum atomic E-state index is 5.30. The number of nitrogens with zero attached hydrogens (tertiary/aromatic N) is 3. The van der Waals surface area contributed by atoms with Gasteiger partial charge in [-0.15, -0.1) is 0 Å². The van der Waals surface area contributed by atoms with Gasteiger partial charge in [-0.05, 0) is 43.7 Å². The van der Waals surface area contributed by atoms with E-state index >= 15 is 0 Å². The predicted molar refractivity (Wildman–Crippen MR) is 98.3 cm³/mol. The summed E-state index contributed by atoms with van der Waals surface area (Å²) in [6.07, 6.45) is 8.77. The molecule has 0 aliphatic heterocycles. The first-order valence-corrected chi connectivity index (χ1v) is 9.20. The maximum Gasteiger partial charge on any atom is 0.216 e. The van der Waals surface area contributed by atoms with Crippen molar-refractivity contribution in [2.75, 3.05) is 13.6 Å². The molecule has 0 unspecified atom stereocenters. The summed E-state index contributed by atoms with van der Waals surface area (Å²) in [7, 11) is 1.82. The van der Waals surface area contributed by atoms with Gasteiger partial charge in [0.2, 0.25) is 5.82 Å². The number of aliphatic imine (C=N–C) groups is 1. The number of nitrogens with one attached hydrogen (secondary N) is 3. The summed E-state index contributed by atoms with van der Waals surface area (Å²) in [5.74, 6) is 3.87. The Morgan fingerprint density at radius 3 is 2.88 bits per heavy atom. The lowest BCUT2D eigenvalue weighted by Gasteiger charge is -2.29. The minimum absolute atomic E-state index is 0.532. The van der Waals surface area contributed by atoms with Crippen LogP contribution >= 0.6 is 0 Å². The molecule has 0 spiro atoms. The van der Waals surface area contributed by atoms with E-state index in [0.717, 1.165) is 30.7 Å². The average Bonchev–Trinajstić information content (AvgIpc) is 3.33. The van der Waals surface area contributed by atoms with Crippen molar-refractivity contribution in [3.05, 3.63) is 24.2 Å². The Balaban J connectivity index is 1.41. The van der Waals surface area contributed by atoms with Gasteiger partial charge in [-0.3, -0.25) is 10.1 Å². The Morgan fingerprint density at radius 2 is 2.20 bits per heavy atom. The molecule has 2 heterocycles. The number of guanidine groups is 1. The lowest BCUT2D eigenvalue weighted by Crippen LogP contribution is -2.45. The Hall–Kier alpha value is -2.31. The number of H-pyrrole nitrogens is 1. The minimum atomic E-state index is 0.532. The first-order valence-electron chi connectivity index (χ1n) is 9.20. The minimum Gasteiger partial charge on any atom is -0.461 e. The third-order valence-corrected chi connectivity index (χ3v) is 4.92. The number of aromatic nitrogens is 3. The molecule has 3 N–H and O–H groups in total. The normalized spacial score (nSPS) is 21.3. The van der Waals surface area contributed by atoms with E-state index in [1.54, 1.807) is 6.26 Å². The van der Waals surface area contributed by atoms with Gasteiger partial charge in [-0.1, -0.05) is 13.3 Å². The third-order valence-electron chi connectivity index (χ3n) is 4.92. The molecule has 1 aliphatic carbocycles. The molecule has 0 radical (unpaired) electrons. The van der Waals surface area contributed by atoms with E-state index in [4.69, 9.17) is 4.42 Å². The van der Waals surface area contributed by atoms with Gasteiger partial charge in [0.25, 0.3) is 0 Å². The van der Waals surface area contributed by atoms with Crippen LogP contribution in [0.25, 0.3) is 11.6 Å².